The predicted molar refractivity (Wildman–Crippen MR) is 323 cm³/mol. The summed E-state index contributed by atoms with van der Waals surface area (Å²) in [4.78, 5) is 13.2. The van der Waals surface area contributed by atoms with E-state index in [4.69, 9.17) is 18.9 Å². The summed E-state index contributed by atoms with van der Waals surface area (Å²) < 4.78 is 22.8. The molecule has 0 aromatic carbocycles. The summed E-state index contributed by atoms with van der Waals surface area (Å²) in [5.41, 5.74) is 0. The number of hydrogen-bond donors (Lipinski definition) is 9. The van der Waals surface area contributed by atoms with Gasteiger partial charge in [0.2, 0.25) is 5.91 Å². The second-order valence-electron chi connectivity index (χ2n) is 23.2. The highest BCUT2D eigenvalue weighted by molar-refractivity contribution is 5.76. The highest BCUT2D eigenvalue weighted by Gasteiger charge is 2.51. The van der Waals surface area contributed by atoms with Gasteiger partial charge in [-0.15, -0.1) is 0 Å². The van der Waals surface area contributed by atoms with Crippen LogP contribution in [0.1, 0.15) is 271 Å². The molecule has 2 fully saturated rings. The Morgan fingerprint density at radius 3 is 1.35 bits per heavy atom. The smallest absolute Gasteiger partial charge is 0.220 e. The third-order valence-corrected chi connectivity index (χ3v) is 16.0. The van der Waals surface area contributed by atoms with Crippen molar-refractivity contribution in [3.8, 4) is 0 Å². The van der Waals surface area contributed by atoms with Crippen molar-refractivity contribution in [2.45, 2.75) is 344 Å². The monoisotopic (exact) mass is 1140 g/mol. The molecule has 2 aliphatic heterocycles. The zero-order valence-electron chi connectivity index (χ0n) is 50.6. The first kappa shape index (κ1) is 74.1. The van der Waals surface area contributed by atoms with Crippen molar-refractivity contribution in [2.24, 2.45) is 0 Å². The Labute approximate surface area is 486 Å². The van der Waals surface area contributed by atoms with Crippen LogP contribution in [0.15, 0.2) is 48.6 Å². The highest BCUT2D eigenvalue weighted by atomic mass is 16.7. The van der Waals surface area contributed by atoms with Crippen molar-refractivity contribution in [3.63, 3.8) is 0 Å². The SMILES string of the molecule is CCC/C=C\C/C=C\CCCCCCCC(=O)NC(COC1OC(CO)C(OC2OC(CO)C(O)C(O)C2O)C(O)C1O)C(O)/C=C/CC/C=C/CCCCCCCCCCCCCCCCCCCCCCCCCCCCC. The lowest BCUT2D eigenvalue weighted by Crippen LogP contribution is -2.65. The maximum absolute atomic E-state index is 13.2. The van der Waals surface area contributed by atoms with Crippen LogP contribution >= 0.6 is 0 Å². The molecule has 0 spiro atoms. The van der Waals surface area contributed by atoms with Crippen LogP contribution in [0.2, 0.25) is 0 Å². The van der Waals surface area contributed by atoms with Gasteiger partial charge >= 0.3 is 0 Å². The topological polar surface area (TPSA) is 228 Å². The van der Waals surface area contributed by atoms with E-state index in [-0.39, 0.29) is 18.9 Å². The molecular formula is C66H121NO13. The van der Waals surface area contributed by atoms with Crippen LogP contribution in [0.5, 0.6) is 0 Å². The molecule has 12 atom stereocenters. The van der Waals surface area contributed by atoms with Gasteiger partial charge in [0.15, 0.2) is 12.6 Å². The summed E-state index contributed by atoms with van der Waals surface area (Å²) in [6.45, 7) is 2.72. The summed E-state index contributed by atoms with van der Waals surface area (Å²) in [6.07, 6.45) is 49.1. The van der Waals surface area contributed by atoms with E-state index in [1.807, 2.05) is 6.08 Å². The lowest BCUT2D eigenvalue weighted by atomic mass is 9.97. The third kappa shape index (κ3) is 35.9. The molecule has 2 rings (SSSR count). The Kier molecular flexibility index (Phi) is 47.6. The van der Waals surface area contributed by atoms with Crippen molar-refractivity contribution in [2.75, 3.05) is 19.8 Å². The summed E-state index contributed by atoms with van der Waals surface area (Å²) in [5.74, 6) is -0.263. The average Bonchev–Trinajstić information content (AvgIpc) is 3.47. The second kappa shape index (κ2) is 51.4. The lowest BCUT2D eigenvalue weighted by molar-refractivity contribution is -0.359. The first-order valence-corrected chi connectivity index (χ1v) is 32.9. The van der Waals surface area contributed by atoms with Gasteiger partial charge in [0.1, 0.15) is 48.8 Å². The number of carbonyl (C=O) groups is 1. The van der Waals surface area contributed by atoms with Crippen LogP contribution in [0.4, 0.5) is 0 Å². The normalized spacial score (nSPS) is 24.5. The van der Waals surface area contributed by atoms with Gasteiger partial charge in [-0.05, 0) is 57.8 Å². The number of unbranched alkanes of at least 4 members (excludes halogenated alkanes) is 34. The summed E-state index contributed by atoms with van der Waals surface area (Å²) in [7, 11) is 0. The number of ether oxygens (including phenoxy) is 4. The van der Waals surface area contributed by atoms with Gasteiger partial charge in [0, 0.05) is 6.42 Å². The van der Waals surface area contributed by atoms with Crippen LogP contribution in [0, 0.1) is 0 Å². The average molecular weight is 1140 g/mol. The Bertz CT molecular complexity index is 1530. The molecule has 80 heavy (non-hydrogen) atoms. The number of allylic oxidation sites excluding steroid dienone is 7. The number of amides is 1. The third-order valence-electron chi connectivity index (χ3n) is 16.0. The van der Waals surface area contributed by atoms with Gasteiger partial charge in [-0.1, -0.05) is 255 Å². The Balaban J connectivity index is 1.66. The first-order valence-electron chi connectivity index (χ1n) is 32.9. The molecule has 14 nitrogen and oxygen atoms in total. The van der Waals surface area contributed by atoms with E-state index in [0.29, 0.717) is 12.8 Å². The number of rotatable bonds is 53. The summed E-state index contributed by atoms with van der Waals surface area (Å²) >= 11 is 0. The molecule has 1 amide bonds. The standard InChI is InChI=1S/C66H121NO13/c1-3-5-7-9-11-13-15-17-18-19-20-21-22-23-24-25-26-27-28-29-30-31-32-33-34-35-36-38-39-41-43-45-47-49-55(70)54(67-58(71)50-48-46-44-42-40-37-16-14-12-10-8-6-4-2)53-77-65-63(76)61(74)64(57(52-69)79-65)80-66-62(75)60(73)59(72)56(51-68)78-66/h8,10,14,16,39,41,47,49,54-57,59-66,68-70,72-76H,3-7,9,11-13,15,17-38,40,42-46,48,50-53H2,1-2H3,(H,67,71)/b10-8-,16-14-,41-39+,49-47+. The molecule has 2 saturated heterocycles. The van der Waals surface area contributed by atoms with E-state index >= 15 is 0 Å². The fraction of sp³-hybridized carbons (Fsp3) is 0.864. The molecule has 2 aliphatic rings. The molecule has 14 heteroatoms. The molecule has 12 unspecified atom stereocenters. The van der Waals surface area contributed by atoms with E-state index in [1.54, 1.807) is 6.08 Å². The largest absolute Gasteiger partial charge is 0.394 e. The Hall–Kier alpha value is -2.05. The first-order chi connectivity index (χ1) is 39.1. The van der Waals surface area contributed by atoms with Crippen LogP contribution in [0.3, 0.4) is 0 Å². The fourth-order valence-electron chi connectivity index (χ4n) is 10.7. The molecule has 9 N–H and O–H groups in total. The summed E-state index contributed by atoms with van der Waals surface area (Å²) in [6, 6.07) is -0.940. The molecular weight excluding hydrogens is 1010 g/mol. The van der Waals surface area contributed by atoms with Crippen molar-refractivity contribution >= 4 is 5.91 Å². The van der Waals surface area contributed by atoms with E-state index in [0.717, 1.165) is 64.2 Å². The van der Waals surface area contributed by atoms with Crippen LogP contribution in [-0.4, -0.2) is 140 Å². The molecule has 0 radical (unpaired) electrons. The highest BCUT2D eigenvalue weighted by Crippen LogP contribution is 2.30. The number of hydrogen-bond acceptors (Lipinski definition) is 13. The van der Waals surface area contributed by atoms with Crippen LogP contribution in [-0.2, 0) is 23.7 Å². The quantitative estimate of drug-likeness (QED) is 0.0204. The molecule has 0 bridgehead atoms. The minimum atomic E-state index is -1.79. The van der Waals surface area contributed by atoms with E-state index in [1.165, 1.54) is 173 Å². The van der Waals surface area contributed by atoms with Gasteiger partial charge in [-0.3, -0.25) is 4.79 Å². The molecule has 2 heterocycles. The number of aliphatic hydroxyl groups is 8. The van der Waals surface area contributed by atoms with Crippen LogP contribution < -0.4 is 5.32 Å². The molecule has 0 saturated carbocycles. The van der Waals surface area contributed by atoms with Crippen LogP contribution in [0.25, 0.3) is 0 Å². The zero-order chi connectivity index (χ0) is 58.1. The summed E-state index contributed by atoms with van der Waals surface area (Å²) in [5, 5.41) is 87.1. The van der Waals surface area contributed by atoms with E-state index < -0.39 is 86.8 Å². The molecule has 468 valence electrons. The minimum absolute atomic E-state index is 0.256. The van der Waals surface area contributed by atoms with Gasteiger partial charge in [-0.25, -0.2) is 0 Å². The Morgan fingerprint density at radius 2 is 0.863 bits per heavy atom. The van der Waals surface area contributed by atoms with E-state index in [2.05, 4.69) is 55.6 Å². The number of aliphatic hydroxyl groups excluding tert-OH is 8. The molecule has 0 aromatic heterocycles. The van der Waals surface area contributed by atoms with Crippen molar-refractivity contribution < 1.29 is 64.6 Å². The van der Waals surface area contributed by atoms with Gasteiger partial charge in [-0.2, -0.15) is 0 Å². The zero-order valence-corrected chi connectivity index (χ0v) is 50.6. The van der Waals surface area contributed by atoms with Crippen molar-refractivity contribution in [3.05, 3.63) is 48.6 Å². The fourth-order valence-corrected chi connectivity index (χ4v) is 10.7. The Morgan fingerprint density at radius 1 is 0.450 bits per heavy atom. The second-order valence-corrected chi connectivity index (χ2v) is 23.2. The number of carbonyl (C=O) groups excluding carboxylic acids is 1. The van der Waals surface area contributed by atoms with E-state index in [9.17, 15) is 45.6 Å². The number of nitrogens with one attached hydrogen (secondary N) is 1. The predicted octanol–water partition coefficient (Wildman–Crippen LogP) is 12.3. The molecule has 0 aromatic rings. The lowest BCUT2D eigenvalue weighted by Gasteiger charge is -2.46. The minimum Gasteiger partial charge on any atom is -0.394 e. The molecule has 0 aliphatic carbocycles. The maximum Gasteiger partial charge on any atom is 0.220 e. The van der Waals surface area contributed by atoms with Gasteiger partial charge in [0.05, 0.1) is 32.0 Å². The van der Waals surface area contributed by atoms with Gasteiger partial charge in [0.25, 0.3) is 0 Å². The van der Waals surface area contributed by atoms with Crippen molar-refractivity contribution in [1.29, 1.82) is 0 Å². The van der Waals surface area contributed by atoms with Crippen molar-refractivity contribution in [1.82, 2.24) is 5.32 Å². The maximum atomic E-state index is 13.2. The van der Waals surface area contributed by atoms with Gasteiger partial charge < -0.3 is 65.1 Å².